The molecule has 1 unspecified atom stereocenters. The number of halogens is 2. The van der Waals surface area contributed by atoms with Gasteiger partial charge in [0.15, 0.2) is 0 Å². The predicted octanol–water partition coefficient (Wildman–Crippen LogP) is 4.41. The van der Waals surface area contributed by atoms with Gasteiger partial charge < -0.3 is 5.73 Å². The van der Waals surface area contributed by atoms with Crippen molar-refractivity contribution in [2.75, 3.05) is 0 Å². The van der Waals surface area contributed by atoms with Crippen LogP contribution in [-0.4, -0.2) is 0 Å². The second-order valence-electron chi connectivity index (χ2n) is 3.61. The molecule has 0 aliphatic carbocycles. The van der Waals surface area contributed by atoms with Crippen LogP contribution in [0.15, 0.2) is 39.5 Å². The van der Waals surface area contributed by atoms with Crippen molar-refractivity contribution in [3.63, 3.8) is 0 Å². The van der Waals surface area contributed by atoms with Gasteiger partial charge in [0, 0.05) is 20.9 Å². The van der Waals surface area contributed by atoms with Crippen LogP contribution < -0.4 is 5.73 Å². The molecule has 2 N–H and O–H groups in total. The molecule has 1 aromatic heterocycles. The normalized spacial score (nSPS) is 12.7. The van der Waals surface area contributed by atoms with E-state index in [-0.39, 0.29) is 6.04 Å². The Labute approximate surface area is 112 Å². The first-order chi connectivity index (χ1) is 7.66. The number of rotatable bonds is 3. The molecule has 1 nitrogen and oxygen atoms in total. The Morgan fingerprint density at radius 2 is 1.94 bits per heavy atom. The first-order valence-corrected chi connectivity index (χ1v) is 7.00. The summed E-state index contributed by atoms with van der Waals surface area (Å²) < 4.78 is 1.10. The second-order valence-corrected chi connectivity index (χ2v) is 5.65. The van der Waals surface area contributed by atoms with Gasteiger partial charge >= 0.3 is 0 Å². The summed E-state index contributed by atoms with van der Waals surface area (Å²) in [5.41, 5.74) is 8.52. The van der Waals surface area contributed by atoms with E-state index in [4.69, 9.17) is 17.3 Å². The number of benzene rings is 1. The van der Waals surface area contributed by atoms with E-state index in [0.29, 0.717) is 0 Å². The molecule has 1 heterocycles. The average molecular weight is 317 g/mol. The smallest absolute Gasteiger partial charge is 0.0406 e. The van der Waals surface area contributed by atoms with Crippen molar-refractivity contribution in [1.29, 1.82) is 0 Å². The Hall–Kier alpha value is -0.350. The first-order valence-electron chi connectivity index (χ1n) is 4.88. The molecule has 0 saturated heterocycles. The largest absolute Gasteiger partial charge is 0.324 e. The minimum absolute atomic E-state index is 0.0294. The van der Waals surface area contributed by atoms with Crippen molar-refractivity contribution in [2.45, 2.75) is 12.5 Å². The van der Waals surface area contributed by atoms with Crippen LogP contribution in [0.4, 0.5) is 0 Å². The maximum absolute atomic E-state index is 6.15. The minimum Gasteiger partial charge on any atom is -0.324 e. The highest BCUT2D eigenvalue weighted by Gasteiger charge is 2.11. The van der Waals surface area contributed by atoms with Crippen LogP contribution in [-0.2, 0) is 6.42 Å². The molecular formula is C12H11BrClNS. The molecule has 0 bridgehead atoms. The standard InChI is InChI=1S/C12H11BrClNS/c13-11-7-16-6-10(11)12(15)5-8-1-3-9(14)4-2-8/h1-4,6-7,12H,5,15H2. The molecule has 1 aromatic carbocycles. The molecule has 0 amide bonds. The van der Waals surface area contributed by atoms with E-state index < -0.39 is 0 Å². The zero-order chi connectivity index (χ0) is 11.5. The lowest BCUT2D eigenvalue weighted by Gasteiger charge is -2.11. The fourth-order valence-corrected chi connectivity index (χ4v) is 3.32. The maximum atomic E-state index is 6.15. The zero-order valence-corrected chi connectivity index (χ0v) is 11.6. The highest BCUT2D eigenvalue weighted by Crippen LogP contribution is 2.28. The summed E-state index contributed by atoms with van der Waals surface area (Å²) >= 11 is 11.0. The van der Waals surface area contributed by atoms with Crippen LogP contribution in [0.25, 0.3) is 0 Å². The highest BCUT2D eigenvalue weighted by molar-refractivity contribution is 9.10. The van der Waals surface area contributed by atoms with Gasteiger partial charge in [-0.1, -0.05) is 23.7 Å². The lowest BCUT2D eigenvalue weighted by molar-refractivity contribution is 0.722. The Morgan fingerprint density at radius 3 is 2.50 bits per heavy atom. The maximum Gasteiger partial charge on any atom is 0.0406 e. The van der Waals surface area contributed by atoms with Gasteiger partial charge in [-0.25, -0.2) is 0 Å². The molecular weight excluding hydrogens is 306 g/mol. The molecule has 0 fully saturated rings. The number of nitrogens with two attached hydrogens (primary N) is 1. The number of thiophene rings is 1. The van der Waals surface area contributed by atoms with Crippen molar-refractivity contribution in [3.05, 3.63) is 55.6 Å². The van der Waals surface area contributed by atoms with Gasteiger partial charge in [-0.2, -0.15) is 11.3 Å². The van der Waals surface area contributed by atoms with Crippen molar-refractivity contribution < 1.29 is 0 Å². The van der Waals surface area contributed by atoms with Gasteiger partial charge in [0.2, 0.25) is 0 Å². The summed E-state index contributed by atoms with van der Waals surface area (Å²) in [6.45, 7) is 0. The van der Waals surface area contributed by atoms with Crippen molar-refractivity contribution in [3.8, 4) is 0 Å². The van der Waals surface area contributed by atoms with Crippen LogP contribution >= 0.6 is 38.9 Å². The van der Waals surface area contributed by atoms with E-state index >= 15 is 0 Å². The molecule has 0 spiro atoms. The van der Waals surface area contributed by atoms with Crippen LogP contribution in [0.3, 0.4) is 0 Å². The van der Waals surface area contributed by atoms with Crippen molar-refractivity contribution in [2.24, 2.45) is 5.73 Å². The van der Waals surface area contributed by atoms with Gasteiger partial charge in [0.25, 0.3) is 0 Å². The van der Waals surface area contributed by atoms with Gasteiger partial charge in [-0.15, -0.1) is 0 Å². The van der Waals surface area contributed by atoms with E-state index in [0.717, 1.165) is 15.9 Å². The summed E-state index contributed by atoms with van der Waals surface area (Å²) in [5.74, 6) is 0. The van der Waals surface area contributed by atoms with Crippen LogP contribution in [0, 0.1) is 0 Å². The molecule has 2 rings (SSSR count). The summed E-state index contributed by atoms with van der Waals surface area (Å²) in [7, 11) is 0. The quantitative estimate of drug-likeness (QED) is 0.892. The van der Waals surface area contributed by atoms with Gasteiger partial charge in [-0.3, -0.25) is 0 Å². The predicted molar refractivity (Wildman–Crippen MR) is 74.1 cm³/mol. The molecule has 0 radical (unpaired) electrons. The van der Waals surface area contributed by atoms with Crippen LogP contribution in [0.1, 0.15) is 17.2 Å². The summed E-state index contributed by atoms with van der Waals surface area (Å²) in [6, 6.07) is 7.85. The first kappa shape index (κ1) is 12.1. The summed E-state index contributed by atoms with van der Waals surface area (Å²) in [5, 5.41) is 4.90. The molecule has 0 aliphatic rings. The molecule has 16 heavy (non-hydrogen) atoms. The Kier molecular flexibility index (Phi) is 4.03. The Morgan fingerprint density at radius 1 is 1.25 bits per heavy atom. The van der Waals surface area contributed by atoms with Crippen molar-refractivity contribution >= 4 is 38.9 Å². The Balaban J connectivity index is 2.10. The lowest BCUT2D eigenvalue weighted by atomic mass is 10.0. The van der Waals surface area contributed by atoms with E-state index in [9.17, 15) is 0 Å². The molecule has 0 aliphatic heterocycles. The van der Waals surface area contributed by atoms with E-state index in [1.165, 1.54) is 11.1 Å². The second kappa shape index (κ2) is 5.32. The topological polar surface area (TPSA) is 26.0 Å². The zero-order valence-electron chi connectivity index (χ0n) is 8.49. The average Bonchev–Trinajstić information content (AvgIpc) is 2.68. The molecule has 84 valence electrons. The van der Waals surface area contributed by atoms with E-state index in [1.807, 2.05) is 24.3 Å². The van der Waals surface area contributed by atoms with Crippen LogP contribution in [0.2, 0.25) is 5.02 Å². The number of hydrogen-bond acceptors (Lipinski definition) is 2. The molecule has 2 aromatic rings. The SMILES string of the molecule is NC(Cc1ccc(Cl)cc1)c1cscc1Br. The van der Waals surface area contributed by atoms with Crippen LogP contribution in [0.5, 0.6) is 0 Å². The minimum atomic E-state index is 0.0294. The molecule has 1 atom stereocenters. The van der Waals surface area contributed by atoms with E-state index in [1.54, 1.807) is 11.3 Å². The van der Waals surface area contributed by atoms with Crippen molar-refractivity contribution in [1.82, 2.24) is 0 Å². The van der Waals surface area contributed by atoms with Gasteiger partial charge in [0.1, 0.15) is 0 Å². The molecule has 4 heteroatoms. The van der Waals surface area contributed by atoms with Gasteiger partial charge in [-0.05, 0) is 51.0 Å². The Bertz CT molecular complexity index is 466. The number of hydrogen-bond donors (Lipinski definition) is 1. The third-order valence-electron chi connectivity index (χ3n) is 2.41. The fraction of sp³-hybridized carbons (Fsp3) is 0.167. The molecule has 0 saturated carbocycles. The highest BCUT2D eigenvalue weighted by atomic mass is 79.9. The third kappa shape index (κ3) is 2.86. The summed E-state index contributed by atoms with van der Waals surface area (Å²) in [4.78, 5) is 0. The summed E-state index contributed by atoms with van der Waals surface area (Å²) in [6.07, 6.45) is 0.826. The lowest BCUT2D eigenvalue weighted by Crippen LogP contribution is -2.12. The third-order valence-corrected chi connectivity index (χ3v) is 4.41. The monoisotopic (exact) mass is 315 g/mol. The van der Waals surface area contributed by atoms with E-state index in [2.05, 4.69) is 26.7 Å². The fourth-order valence-electron chi connectivity index (χ4n) is 1.54. The van der Waals surface area contributed by atoms with Gasteiger partial charge in [0.05, 0.1) is 0 Å².